The summed E-state index contributed by atoms with van der Waals surface area (Å²) < 4.78 is 4.90. The van der Waals surface area contributed by atoms with Crippen molar-refractivity contribution in [3.8, 4) is 0 Å². The van der Waals surface area contributed by atoms with Crippen LogP contribution in [0.5, 0.6) is 0 Å². The molecule has 4 nitrogen and oxygen atoms in total. The normalized spacial score (nSPS) is 11.9. The fourth-order valence-corrected chi connectivity index (χ4v) is 1.76. The van der Waals surface area contributed by atoms with Crippen molar-refractivity contribution in [2.45, 2.75) is 27.2 Å². The molecule has 98 valence electrons. The van der Waals surface area contributed by atoms with Gasteiger partial charge in [0.15, 0.2) is 0 Å². The summed E-state index contributed by atoms with van der Waals surface area (Å²) in [5.41, 5.74) is 8.33. The number of esters is 1. The van der Waals surface area contributed by atoms with Crippen LogP contribution in [0, 0.1) is 12.8 Å². The molecule has 0 fully saturated rings. The van der Waals surface area contributed by atoms with Crippen LogP contribution in [0.4, 0.5) is 5.69 Å². The lowest BCUT2D eigenvalue weighted by Crippen LogP contribution is -2.26. The van der Waals surface area contributed by atoms with E-state index in [2.05, 4.69) is 0 Å². The molecule has 0 saturated carbocycles. The first-order valence-corrected chi connectivity index (χ1v) is 5.97. The summed E-state index contributed by atoms with van der Waals surface area (Å²) in [7, 11) is 0. The molecule has 1 rings (SSSR count). The molecule has 1 atom stereocenters. The Balaban J connectivity index is 2.90. The quantitative estimate of drug-likeness (QED) is 0.491. The van der Waals surface area contributed by atoms with E-state index in [1.165, 1.54) is 6.92 Å². The van der Waals surface area contributed by atoms with Crippen LogP contribution < -0.4 is 5.73 Å². The zero-order valence-electron chi connectivity index (χ0n) is 11.0. The van der Waals surface area contributed by atoms with Gasteiger partial charge in [0.2, 0.25) is 0 Å². The highest BCUT2D eigenvalue weighted by molar-refractivity contribution is 5.98. The van der Waals surface area contributed by atoms with E-state index < -0.39 is 11.9 Å². The number of benzene rings is 1. The number of hydrogen-bond acceptors (Lipinski definition) is 4. The van der Waals surface area contributed by atoms with Gasteiger partial charge < -0.3 is 10.5 Å². The predicted octanol–water partition coefficient (Wildman–Crippen LogP) is 1.89. The molecular weight excluding hydrogens is 230 g/mol. The van der Waals surface area contributed by atoms with Crippen molar-refractivity contribution in [1.82, 2.24) is 0 Å². The van der Waals surface area contributed by atoms with Gasteiger partial charge in [0, 0.05) is 5.69 Å². The maximum absolute atomic E-state index is 11.7. The van der Waals surface area contributed by atoms with Gasteiger partial charge in [-0.1, -0.05) is 12.1 Å². The molecule has 0 aliphatic carbocycles. The van der Waals surface area contributed by atoms with Crippen molar-refractivity contribution in [2.75, 3.05) is 12.3 Å². The van der Waals surface area contributed by atoms with E-state index in [9.17, 15) is 9.59 Å². The number of nitrogen functional groups attached to an aromatic ring is 1. The monoisotopic (exact) mass is 249 g/mol. The van der Waals surface area contributed by atoms with Gasteiger partial charge in [-0.15, -0.1) is 0 Å². The Bertz CT molecular complexity index is 454. The maximum atomic E-state index is 11.7. The third-order valence-corrected chi connectivity index (χ3v) is 2.79. The Morgan fingerprint density at radius 3 is 2.56 bits per heavy atom. The summed E-state index contributed by atoms with van der Waals surface area (Å²) in [4.78, 5) is 23.2. The highest BCUT2D eigenvalue weighted by Crippen LogP contribution is 2.19. The molecule has 0 saturated heterocycles. The molecule has 0 aromatic heterocycles. The maximum Gasteiger partial charge on any atom is 0.316 e. The van der Waals surface area contributed by atoms with Crippen LogP contribution in [0.1, 0.15) is 25.0 Å². The molecule has 1 aromatic rings. The summed E-state index contributed by atoms with van der Waals surface area (Å²) >= 11 is 0. The first-order valence-electron chi connectivity index (χ1n) is 5.97. The van der Waals surface area contributed by atoms with Gasteiger partial charge in [0.05, 0.1) is 6.61 Å². The van der Waals surface area contributed by atoms with Crippen molar-refractivity contribution in [2.24, 2.45) is 5.92 Å². The van der Waals surface area contributed by atoms with Crippen LogP contribution in [-0.2, 0) is 20.7 Å². The summed E-state index contributed by atoms with van der Waals surface area (Å²) in [6.45, 7) is 5.32. The summed E-state index contributed by atoms with van der Waals surface area (Å²) in [5, 5.41) is 0. The summed E-state index contributed by atoms with van der Waals surface area (Å²) in [5.74, 6) is -1.45. The van der Waals surface area contributed by atoms with Gasteiger partial charge in [-0.05, 0) is 44.4 Å². The van der Waals surface area contributed by atoms with Crippen molar-refractivity contribution >= 4 is 17.4 Å². The van der Waals surface area contributed by atoms with Gasteiger partial charge in [-0.2, -0.15) is 0 Å². The first kappa shape index (κ1) is 14.2. The fraction of sp³-hybridized carbons (Fsp3) is 0.429. The zero-order valence-corrected chi connectivity index (χ0v) is 11.0. The van der Waals surface area contributed by atoms with E-state index in [0.29, 0.717) is 12.1 Å². The Morgan fingerprint density at radius 2 is 2.06 bits per heavy atom. The number of ether oxygens (including phenoxy) is 1. The van der Waals surface area contributed by atoms with Crippen LogP contribution in [0.3, 0.4) is 0 Å². The Morgan fingerprint density at radius 1 is 1.39 bits per heavy atom. The minimum atomic E-state index is -0.769. The average molecular weight is 249 g/mol. The third kappa shape index (κ3) is 3.58. The van der Waals surface area contributed by atoms with Crippen LogP contribution >= 0.6 is 0 Å². The highest BCUT2D eigenvalue weighted by Gasteiger charge is 2.25. The van der Waals surface area contributed by atoms with E-state index in [1.807, 2.05) is 25.1 Å². The van der Waals surface area contributed by atoms with Crippen molar-refractivity contribution < 1.29 is 14.3 Å². The van der Waals surface area contributed by atoms with Gasteiger partial charge >= 0.3 is 5.97 Å². The minimum Gasteiger partial charge on any atom is -0.465 e. The van der Waals surface area contributed by atoms with E-state index in [0.717, 1.165) is 11.1 Å². The van der Waals surface area contributed by atoms with E-state index in [1.54, 1.807) is 6.92 Å². The van der Waals surface area contributed by atoms with E-state index in [4.69, 9.17) is 10.5 Å². The van der Waals surface area contributed by atoms with Gasteiger partial charge in [0.1, 0.15) is 11.7 Å². The number of carbonyl (C=O) groups excluding carboxylic acids is 2. The number of Topliss-reactive ketones (excluding diaryl/α,β-unsaturated/α-hetero) is 1. The predicted molar refractivity (Wildman–Crippen MR) is 70.1 cm³/mol. The number of carbonyl (C=O) groups is 2. The van der Waals surface area contributed by atoms with Crippen molar-refractivity contribution in [3.05, 3.63) is 29.3 Å². The van der Waals surface area contributed by atoms with Crippen LogP contribution in [-0.4, -0.2) is 18.4 Å². The minimum absolute atomic E-state index is 0.201. The smallest absolute Gasteiger partial charge is 0.316 e. The lowest BCUT2D eigenvalue weighted by atomic mass is 9.94. The third-order valence-electron chi connectivity index (χ3n) is 2.79. The number of rotatable bonds is 5. The van der Waals surface area contributed by atoms with Crippen molar-refractivity contribution in [3.63, 3.8) is 0 Å². The molecule has 0 spiro atoms. The molecule has 18 heavy (non-hydrogen) atoms. The van der Waals surface area contributed by atoms with E-state index >= 15 is 0 Å². The zero-order chi connectivity index (χ0) is 13.7. The molecule has 0 aliphatic heterocycles. The van der Waals surface area contributed by atoms with Gasteiger partial charge in [-0.3, -0.25) is 9.59 Å². The molecule has 2 N–H and O–H groups in total. The number of hydrogen-bond donors (Lipinski definition) is 1. The number of aryl methyl sites for hydroxylation is 1. The molecule has 0 bridgehead atoms. The molecular formula is C14H19NO3. The van der Waals surface area contributed by atoms with E-state index in [-0.39, 0.29) is 12.4 Å². The number of anilines is 1. The second kappa shape index (κ2) is 6.19. The van der Waals surface area contributed by atoms with Gasteiger partial charge in [0.25, 0.3) is 0 Å². The highest BCUT2D eigenvalue weighted by atomic mass is 16.5. The van der Waals surface area contributed by atoms with Crippen LogP contribution in [0.2, 0.25) is 0 Å². The number of nitrogens with two attached hydrogens (primary N) is 1. The lowest BCUT2D eigenvalue weighted by molar-refractivity contribution is -0.151. The number of ketones is 1. The molecule has 4 heteroatoms. The fourth-order valence-electron chi connectivity index (χ4n) is 1.76. The lowest BCUT2D eigenvalue weighted by Gasteiger charge is -2.14. The molecule has 0 aliphatic rings. The Hall–Kier alpha value is -1.84. The largest absolute Gasteiger partial charge is 0.465 e. The second-order valence-electron chi connectivity index (χ2n) is 4.32. The summed E-state index contributed by atoms with van der Waals surface area (Å²) in [6, 6.07) is 5.59. The van der Waals surface area contributed by atoms with Crippen LogP contribution in [0.25, 0.3) is 0 Å². The standard InChI is InChI=1S/C14H19NO3/c1-4-18-14(17)12(10(3)16)8-11-6-5-9(2)7-13(11)15/h5-7,12H,4,8,15H2,1-3H3. The average Bonchev–Trinajstić information content (AvgIpc) is 2.27. The molecule has 0 amide bonds. The molecule has 0 heterocycles. The molecule has 1 unspecified atom stereocenters. The van der Waals surface area contributed by atoms with Crippen LogP contribution in [0.15, 0.2) is 18.2 Å². The molecule has 1 aromatic carbocycles. The first-order chi connectivity index (χ1) is 8.45. The topological polar surface area (TPSA) is 69.4 Å². The summed E-state index contributed by atoms with van der Waals surface area (Å²) in [6.07, 6.45) is 0.292. The van der Waals surface area contributed by atoms with Crippen molar-refractivity contribution in [1.29, 1.82) is 0 Å². The SMILES string of the molecule is CCOC(=O)C(Cc1ccc(C)cc1N)C(C)=O. The van der Waals surface area contributed by atoms with Gasteiger partial charge in [-0.25, -0.2) is 0 Å². The Labute approximate surface area is 107 Å². The second-order valence-corrected chi connectivity index (χ2v) is 4.32. The molecule has 0 radical (unpaired) electrons. The Kier molecular flexibility index (Phi) is 4.89.